The summed E-state index contributed by atoms with van der Waals surface area (Å²) >= 11 is 0. The molecule has 0 spiro atoms. The molecule has 2 aromatic rings. The van der Waals surface area contributed by atoms with Gasteiger partial charge in [0.2, 0.25) is 10.0 Å². The summed E-state index contributed by atoms with van der Waals surface area (Å²) < 4.78 is 43.9. The summed E-state index contributed by atoms with van der Waals surface area (Å²) in [6.45, 7) is 1.31. The highest BCUT2D eigenvalue weighted by molar-refractivity contribution is 7.89. The van der Waals surface area contributed by atoms with Crippen LogP contribution in [0.5, 0.6) is 11.5 Å². The maximum Gasteiger partial charge on any atom is 0.337 e. The molecule has 9 nitrogen and oxygen atoms in total. The molecule has 0 unspecified atom stereocenters. The average Bonchev–Trinajstić information content (AvgIpc) is 3.31. The third-order valence-corrected chi connectivity index (χ3v) is 6.69. The molecule has 3 rings (SSSR count). The van der Waals surface area contributed by atoms with Crippen molar-refractivity contribution in [3.05, 3.63) is 47.5 Å². The van der Waals surface area contributed by atoms with Gasteiger partial charge in [0.05, 0.1) is 30.8 Å². The van der Waals surface area contributed by atoms with Gasteiger partial charge >= 0.3 is 5.97 Å². The molecule has 1 saturated heterocycles. The van der Waals surface area contributed by atoms with Gasteiger partial charge in [-0.1, -0.05) is 6.07 Å². The SMILES string of the molecule is COc1ccc(CCNS(=O)(=O)c2ccc(NC[C@@H]3CCCO3)c(C(=O)O)c2)cc1OC. The summed E-state index contributed by atoms with van der Waals surface area (Å²) in [6, 6.07) is 9.39. The Morgan fingerprint density at radius 1 is 1.16 bits per heavy atom. The number of anilines is 1. The molecule has 1 fully saturated rings. The van der Waals surface area contributed by atoms with Crippen LogP contribution in [-0.4, -0.2) is 59.5 Å². The molecule has 10 heteroatoms. The molecule has 2 aromatic carbocycles. The first-order chi connectivity index (χ1) is 15.3. The molecule has 1 aliphatic rings. The van der Waals surface area contributed by atoms with Gasteiger partial charge in [-0.05, 0) is 55.2 Å². The van der Waals surface area contributed by atoms with Crippen molar-refractivity contribution in [2.75, 3.05) is 39.2 Å². The fourth-order valence-electron chi connectivity index (χ4n) is 3.50. The topological polar surface area (TPSA) is 123 Å². The molecule has 0 aliphatic carbocycles. The van der Waals surface area contributed by atoms with Gasteiger partial charge in [-0.3, -0.25) is 0 Å². The van der Waals surface area contributed by atoms with Crippen molar-refractivity contribution in [1.82, 2.24) is 4.72 Å². The number of carboxylic acid groups (broad SMARTS) is 1. The predicted molar refractivity (Wildman–Crippen MR) is 119 cm³/mol. The van der Waals surface area contributed by atoms with E-state index < -0.39 is 16.0 Å². The highest BCUT2D eigenvalue weighted by Gasteiger charge is 2.20. The number of sulfonamides is 1. The van der Waals surface area contributed by atoms with Gasteiger partial charge in [-0.25, -0.2) is 17.9 Å². The Balaban J connectivity index is 1.66. The van der Waals surface area contributed by atoms with Gasteiger partial charge in [0.15, 0.2) is 11.5 Å². The first kappa shape index (κ1) is 23.8. The third kappa shape index (κ3) is 5.90. The number of hydrogen-bond donors (Lipinski definition) is 3. The number of nitrogens with one attached hydrogen (secondary N) is 2. The molecule has 174 valence electrons. The second-order valence-corrected chi connectivity index (χ2v) is 9.13. The summed E-state index contributed by atoms with van der Waals surface area (Å²) in [5.41, 5.74) is 1.12. The fraction of sp³-hybridized carbons (Fsp3) is 0.409. The molecule has 0 saturated carbocycles. The number of benzene rings is 2. The number of ether oxygens (including phenoxy) is 3. The van der Waals surface area contributed by atoms with Gasteiger partial charge in [-0.2, -0.15) is 0 Å². The van der Waals surface area contributed by atoms with E-state index in [9.17, 15) is 18.3 Å². The normalized spacial score (nSPS) is 16.0. The van der Waals surface area contributed by atoms with Crippen molar-refractivity contribution in [2.45, 2.75) is 30.3 Å². The van der Waals surface area contributed by atoms with Crippen LogP contribution in [-0.2, 0) is 21.2 Å². The summed E-state index contributed by atoms with van der Waals surface area (Å²) in [7, 11) is -0.811. The van der Waals surface area contributed by atoms with Crippen LogP contribution in [0.15, 0.2) is 41.3 Å². The van der Waals surface area contributed by atoms with E-state index in [2.05, 4.69) is 10.0 Å². The molecule has 0 bridgehead atoms. The van der Waals surface area contributed by atoms with Crippen LogP contribution in [0.2, 0.25) is 0 Å². The van der Waals surface area contributed by atoms with E-state index in [1.165, 1.54) is 25.3 Å². The summed E-state index contributed by atoms with van der Waals surface area (Å²) in [4.78, 5) is 11.6. The predicted octanol–water partition coefficient (Wildman–Crippen LogP) is 2.51. The lowest BCUT2D eigenvalue weighted by molar-refractivity contribution is 0.0697. The second-order valence-electron chi connectivity index (χ2n) is 7.37. The van der Waals surface area contributed by atoms with E-state index in [0.29, 0.717) is 36.8 Å². The Kier molecular flexibility index (Phi) is 7.94. The largest absolute Gasteiger partial charge is 0.493 e. The number of carbonyl (C=O) groups is 1. The van der Waals surface area contributed by atoms with E-state index in [-0.39, 0.29) is 23.1 Å². The molecule has 0 aromatic heterocycles. The number of rotatable bonds is 11. The van der Waals surface area contributed by atoms with Crippen molar-refractivity contribution in [2.24, 2.45) is 0 Å². The van der Waals surface area contributed by atoms with Crippen LogP contribution in [0.4, 0.5) is 5.69 Å². The van der Waals surface area contributed by atoms with Crippen molar-refractivity contribution < 1.29 is 32.5 Å². The lowest BCUT2D eigenvalue weighted by Gasteiger charge is -2.15. The summed E-state index contributed by atoms with van der Waals surface area (Å²) in [6.07, 6.45) is 2.33. The van der Waals surface area contributed by atoms with E-state index >= 15 is 0 Å². The van der Waals surface area contributed by atoms with Gasteiger partial charge in [0.1, 0.15) is 0 Å². The van der Waals surface area contributed by atoms with Crippen LogP contribution in [0.3, 0.4) is 0 Å². The lowest BCUT2D eigenvalue weighted by atomic mass is 10.1. The molecule has 1 atom stereocenters. The van der Waals surface area contributed by atoms with Crippen LogP contribution in [0, 0.1) is 0 Å². The Bertz CT molecular complexity index is 1050. The van der Waals surface area contributed by atoms with Gasteiger partial charge < -0.3 is 24.6 Å². The maximum atomic E-state index is 12.7. The minimum atomic E-state index is -3.88. The Hall–Kier alpha value is -2.82. The van der Waals surface area contributed by atoms with Crippen LogP contribution < -0.4 is 19.5 Å². The van der Waals surface area contributed by atoms with E-state index in [1.54, 1.807) is 19.2 Å². The fourth-order valence-corrected chi connectivity index (χ4v) is 4.56. The molecule has 0 amide bonds. The minimum Gasteiger partial charge on any atom is -0.493 e. The lowest BCUT2D eigenvalue weighted by Crippen LogP contribution is -2.26. The van der Waals surface area contributed by atoms with Crippen LogP contribution in [0.1, 0.15) is 28.8 Å². The molecular formula is C22H28N2O7S. The van der Waals surface area contributed by atoms with Crippen molar-refractivity contribution in [1.29, 1.82) is 0 Å². The molecule has 32 heavy (non-hydrogen) atoms. The monoisotopic (exact) mass is 464 g/mol. The zero-order valence-electron chi connectivity index (χ0n) is 18.1. The molecule has 1 aliphatic heterocycles. The number of methoxy groups -OCH3 is 2. The van der Waals surface area contributed by atoms with Gasteiger partial charge in [-0.15, -0.1) is 0 Å². The van der Waals surface area contributed by atoms with Gasteiger partial charge in [0.25, 0.3) is 0 Å². The molecule has 1 heterocycles. The highest BCUT2D eigenvalue weighted by Crippen LogP contribution is 2.27. The second kappa shape index (κ2) is 10.7. The quantitative estimate of drug-likeness (QED) is 0.464. The summed E-state index contributed by atoms with van der Waals surface area (Å²) in [5.74, 6) is -0.0570. The third-order valence-electron chi connectivity index (χ3n) is 5.23. The van der Waals surface area contributed by atoms with E-state index in [1.807, 2.05) is 6.07 Å². The summed E-state index contributed by atoms with van der Waals surface area (Å²) in [5, 5.41) is 12.6. The zero-order chi connectivity index (χ0) is 23.1. The van der Waals surface area contributed by atoms with Crippen molar-refractivity contribution >= 4 is 21.7 Å². The first-order valence-electron chi connectivity index (χ1n) is 10.3. The van der Waals surface area contributed by atoms with E-state index in [4.69, 9.17) is 14.2 Å². The standard InChI is InChI=1S/C22H28N2O7S/c1-29-20-8-5-15(12-21(20)30-2)9-10-24-32(27,28)17-6-7-19(18(13-17)22(25)26)23-14-16-4-3-11-31-16/h5-8,12-13,16,23-24H,3-4,9-11,14H2,1-2H3,(H,25,26)/t16-/m0/s1. The maximum absolute atomic E-state index is 12.7. The van der Waals surface area contributed by atoms with Gasteiger partial charge in [0, 0.05) is 25.4 Å². The average molecular weight is 465 g/mol. The number of hydrogen-bond acceptors (Lipinski definition) is 7. The smallest absolute Gasteiger partial charge is 0.337 e. The van der Waals surface area contributed by atoms with Crippen LogP contribution in [0.25, 0.3) is 0 Å². The number of carboxylic acids is 1. The minimum absolute atomic E-state index is 0.0262. The Morgan fingerprint density at radius 2 is 1.94 bits per heavy atom. The van der Waals surface area contributed by atoms with Crippen LogP contribution >= 0.6 is 0 Å². The molecular weight excluding hydrogens is 436 g/mol. The van der Waals surface area contributed by atoms with Crippen molar-refractivity contribution in [3.8, 4) is 11.5 Å². The molecule has 3 N–H and O–H groups in total. The first-order valence-corrected chi connectivity index (χ1v) is 11.8. The Morgan fingerprint density at radius 3 is 2.59 bits per heavy atom. The van der Waals surface area contributed by atoms with E-state index in [0.717, 1.165) is 18.4 Å². The molecule has 0 radical (unpaired) electrons. The number of aromatic carboxylic acids is 1. The zero-order valence-corrected chi connectivity index (χ0v) is 18.9. The highest BCUT2D eigenvalue weighted by atomic mass is 32.2. The Labute approximate surface area is 187 Å². The van der Waals surface area contributed by atoms with Crippen molar-refractivity contribution in [3.63, 3.8) is 0 Å².